The Bertz CT molecular complexity index is 882. The number of nitrogens with one attached hydrogen (secondary N) is 1. The molecule has 2 saturated heterocycles. The van der Waals surface area contributed by atoms with Gasteiger partial charge in [-0.3, -0.25) is 9.78 Å². The second kappa shape index (κ2) is 6.56. The first-order chi connectivity index (χ1) is 11.7. The van der Waals surface area contributed by atoms with Crippen LogP contribution >= 0.6 is 0 Å². The predicted molar refractivity (Wildman–Crippen MR) is 94.2 cm³/mol. The molecular weight excluding hydrogens is 366 g/mol. The minimum atomic E-state index is -3.06. The summed E-state index contributed by atoms with van der Waals surface area (Å²) in [6, 6.07) is 1.14. The zero-order valence-electron chi connectivity index (χ0n) is 13.9. The number of pyridine rings is 1. The molecule has 0 aliphatic carbocycles. The molecule has 10 heteroatoms. The lowest BCUT2D eigenvalue weighted by Gasteiger charge is -2.25. The third kappa shape index (κ3) is 4.30. The monoisotopic (exact) mass is 387 g/mol. The number of aromatic nitrogens is 1. The Balaban J connectivity index is 1.70. The maximum atomic E-state index is 12.4. The summed E-state index contributed by atoms with van der Waals surface area (Å²) >= 11 is 0. The molecule has 3 heterocycles. The van der Waals surface area contributed by atoms with Gasteiger partial charge < -0.3 is 10.2 Å². The van der Waals surface area contributed by atoms with Gasteiger partial charge in [-0.15, -0.1) is 0 Å². The van der Waals surface area contributed by atoms with Crippen LogP contribution in [0, 0.1) is 0 Å². The molecule has 0 radical (unpaired) electrons. The summed E-state index contributed by atoms with van der Waals surface area (Å²) < 4.78 is 46.2. The molecule has 0 aromatic carbocycles. The average molecular weight is 387 g/mol. The van der Waals surface area contributed by atoms with Crippen molar-refractivity contribution in [3.05, 3.63) is 24.0 Å². The van der Waals surface area contributed by atoms with E-state index in [-0.39, 0.29) is 41.0 Å². The van der Waals surface area contributed by atoms with Crippen molar-refractivity contribution in [1.29, 1.82) is 0 Å². The Kier molecular flexibility index (Phi) is 4.76. The lowest BCUT2D eigenvalue weighted by molar-refractivity contribution is 0.0941. The smallest absolute Gasteiger partial charge is 0.253 e. The molecule has 3 rings (SSSR count). The summed E-state index contributed by atoms with van der Waals surface area (Å²) in [6.07, 6.45) is 3.97. The van der Waals surface area contributed by atoms with Crippen LogP contribution in [0.3, 0.4) is 0 Å². The largest absolute Gasteiger partial charge is 0.369 e. The average Bonchev–Trinajstić information content (AvgIpc) is 3.08. The topological polar surface area (TPSA) is 114 Å². The number of carbonyl (C=O) groups is 1. The Morgan fingerprint density at radius 2 is 1.80 bits per heavy atom. The van der Waals surface area contributed by atoms with Crippen molar-refractivity contribution in [3.8, 4) is 0 Å². The van der Waals surface area contributed by atoms with Crippen molar-refractivity contribution in [2.75, 3.05) is 35.0 Å². The lowest BCUT2D eigenvalue weighted by Crippen LogP contribution is -2.36. The van der Waals surface area contributed by atoms with Gasteiger partial charge in [-0.1, -0.05) is 0 Å². The number of sulfone groups is 2. The van der Waals surface area contributed by atoms with Gasteiger partial charge >= 0.3 is 0 Å². The first-order valence-corrected chi connectivity index (χ1v) is 11.7. The van der Waals surface area contributed by atoms with E-state index in [1.54, 1.807) is 19.3 Å². The van der Waals surface area contributed by atoms with Crippen LogP contribution in [0.15, 0.2) is 18.5 Å². The molecule has 8 nitrogen and oxygen atoms in total. The van der Waals surface area contributed by atoms with Gasteiger partial charge in [0.1, 0.15) is 0 Å². The van der Waals surface area contributed by atoms with E-state index in [0.717, 1.165) is 0 Å². The fourth-order valence-corrected chi connectivity index (χ4v) is 6.66. The van der Waals surface area contributed by atoms with Crippen molar-refractivity contribution in [3.63, 3.8) is 0 Å². The molecular formula is C15H21N3O5S2. The summed E-state index contributed by atoms with van der Waals surface area (Å²) in [6.45, 7) is 0. The standard InChI is InChI=1S/C15H21N3O5S2/c1-18(13-3-5-25(22,23)10-13)14-6-11(7-16-8-14)15(19)17-12-2-4-24(20,21)9-12/h6-8,12-13H,2-5,9-10H2,1H3,(H,17,19). The summed E-state index contributed by atoms with van der Waals surface area (Å²) in [7, 11) is -4.28. The Morgan fingerprint density at radius 1 is 1.12 bits per heavy atom. The molecule has 0 saturated carbocycles. The van der Waals surface area contributed by atoms with Crippen molar-refractivity contribution in [2.24, 2.45) is 0 Å². The second-order valence-electron chi connectivity index (χ2n) is 6.67. The van der Waals surface area contributed by atoms with Gasteiger partial charge in [-0.2, -0.15) is 0 Å². The third-order valence-electron chi connectivity index (χ3n) is 4.72. The van der Waals surface area contributed by atoms with E-state index in [1.165, 1.54) is 6.20 Å². The van der Waals surface area contributed by atoms with E-state index >= 15 is 0 Å². The first-order valence-electron chi connectivity index (χ1n) is 8.05. The molecule has 2 fully saturated rings. The molecule has 25 heavy (non-hydrogen) atoms. The van der Waals surface area contributed by atoms with E-state index in [0.29, 0.717) is 24.1 Å². The van der Waals surface area contributed by atoms with Crippen molar-refractivity contribution >= 4 is 31.3 Å². The highest BCUT2D eigenvalue weighted by molar-refractivity contribution is 7.91. The van der Waals surface area contributed by atoms with Crippen LogP contribution in [0.25, 0.3) is 0 Å². The number of nitrogens with zero attached hydrogens (tertiary/aromatic N) is 2. The zero-order valence-corrected chi connectivity index (χ0v) is 15.5. The summed E-state index contributed by atoms with van der Waals surface area (Å²) in [5.41, 5.74) is 0.989. The number of hydrogen-bond donors (Lipinski definition) is 1. The van der Waals surface area contributed by atoms with E-state index in [2.05, 4.69) is 10.3 Å². The molecule has 0 spiro atoms. The number of hydrogen-bond acceptors (Lipinski definition) is 7. The van der Waals surface area contributed by atoms with Crippen LogP contribution < -0.4 is 10.2 Å². The SMILES string of the molecule is CN(c1cncc(C(=O)NC2CCS(=O)(=O)C2)c1)C1CCS(=O)(=O)C1. The Hall–Kier alpha value is -1.68. The molecule has 2 aliphatic rings. The minimum absolute atomic E-state index is 0.0360. The van der Waals surface area contributed by atoms with Gasteiger partial charge in [-0.05, 0) is 18.9 Å². The second-order valence-corrected chi connectivity index (χ2v) is 11.1. The van der Waals surface area contributed by atoms with E-state index in [9.17, 15) is 21.6 Å². The van der Waals surface area contributed by atoms with E-state index in [1.807, 2.05) is 4.90 Å². The summed E-state index contributed by atoms with van der Waals surface area (Å²) in [4.78, 5) is 18.2. The highest BCUT2D eigenvalue weighted by Crippen LogP contribution is 2.23. The van der Waals surface area contributed by atoms with Gasteiger partial charge in [0.2, 0.25) is 0 Å². The van der Waals surface area contributed by atoms with Crippen molar-refractivity contribution in [2.45, 2.75) is 24.9 Å². The van der Waals surface area contributed by atoms with Crippen LogP contribution in [-0.4, -0.2) is 69.9 Å². The van der Waals surface area contributed by atoms with Gasteiger partial charge in [0.15, 0.2) is 19.7 Å². The molecule has 2 aliphatic heterocycles. The third-order valence-corrected chi connectivity index (χ3v) is 8.24. The molecule has 1 N–H and O–H groups in total. The molecule has 2 atom stereocenters. The fraction of sp³-hybridized carbons (Fsp3) is 0.600. The highest BCUT2D eigenvalue weighted by atomic mass is 32.2. The van der Waals surface area contributed by atoms with Crippen LogP contribution in [0.5, 0.6) is 0 Å². The first kappa shape index (κ1) is 18.1. The van der Waals surface area contributed by atoms with Crippen LogP contribution in [-0.2, 0) is 19.7 Å². The zero-order chi connectivity index (χ0) is 18.2. The van der Waals surface area contributed by atoms with Crippen LogP contribution in [0.2, 0.25) is 0 Å². The number of anilines is 1. The lowest BCUT2D eigenvalue weighted by atomic mass is 10.1. The maximum absolute atomic E-state index is 12.4. The highest BCUT2D eigenvalue weighted by Gasteiger charge is 2.32. The number of amides is 1. The predicted octanol–water partition coefficient (Wildman–Crippen LogP) is -0.378. The van der Waals surface area contributed by atoms with E-state index < -0.39 is 19.7 Å². The van der Waals surface area contributed by atoms with Crippen LogP contribution in [0.1, 0.15) is 23.2 Å². The molecule has 138 valence electrons. The van der Waals surface area contributed by atoms with Crippen LogP contribution in [0.4, 0.5) is 5.69 Å². The van der Waals surface area contributed by atoms with Gasteiger partial charge in [-0.25, -0.2) is 16.8 Å². The molecule has 1 aromatic rings. The fourth-order valence-electron chi connectivity index (χ4n) is 3.21. The molecule has 1 amide bonds. The van der Waals surface area contributed by atoms with Crippen molar-refractivity contribution in [1.82, 2.24) is 10.3 Å². The van der Waals surface area contributed by atoms with Gasteiger partial charge in [0, 0.05) is 25.3 Å². The van der Waals surface area contributed by atoms with E-state index in [4.69, 9.17) is 0 Å². The number of carbonyl (C=O) groups excluding carboxylic acids is 1. The number of rotatable bonds is 4. The summed E-state index contributed by atoms with van der Waals surface area (Å²) in [5, 5.41) is 2.73. The summed E-state index contributed by atoms with van der Waals surface area (Å²) in [5.74, 6) is -0.0456. The van der Waals surface area contributed by atoms with Gasteiger partial charge in [0.05, 0.1) is 40.5 Å². The quantitative estimate of drug-likeness (QED) is 0.749. The Morgan fingerprint density at radius 3 is 2.40 bits per heavy atom. The normalized spacial score (nSPS) is 27.1. The van der Waals surface area contributed by atoms with Gasteiger partial charge in [0.25, 0.3) is 5.91 Å². The minimum Gasteiger partial charge on any atom is -0.369 e. The maximum Gasteiger partial charge on any atom is 0.253 e. The molecule has 1 aromatic heterocycles. The molecule has 0 bridgehead atoms. The molecule has 2 unspecified atom stereocenters. The Labute approximate surface area is 147 Å². The van der Waals surface area contributed by atoms with Crippen molar-refractivity contribution < 1.29 is 21.6 Å².